The largest absolute Gasteiger partial charge is 0.354 e. The van der Waals surface area contributed by atoms with Crippen molar-refractivity contribution in [3.63, 3.8) is 0 Å². The predicted octanol–water partition coefficient (Wildman–Crippen LogP) is 3.21. The normalized spacial score (nSPS) is 12.4. The lowest BCUT2D eigenvalue weighted by Gasteiger charge is -2.30. The van der Waals surface area contributed by atoms with Crippen LogP contribution in [0.5, 0.6) is 0 Å². The molecule has 2 rings (SSSR count). The minimum Gasteiger partial charge on any atom is -0.354 e. The summed E-state index contributed by atoms with van der Waals surface area (Å²) in [4.78, 5) is 12.8. The summed E-state index contributed by atoms with van der Waals surface area (Å²) in [6.45, 7) is 6.11. The number of amides is 1. The van der Waals surface area contributed by atoms with Gasteiger partial charge in [0.1, 0.15) is 6.04 Å². The fourth-order valence-electron chi connectivity index (χ4n) is 3.23. The molecule has 0 fully saturated rings. The van der Waals surface area contributed by atoms with E-state index >= 15 is 0 Å². The Morgan fingerprint density at radius 2 is 1.67 bits per heavy atom. The molecule has 0 aliphatic rings. The molecule has 6 heteroatoms. The van der Waals surface area contributed by atoms with Gasteiger partial charge in [-0.25, -0.2) is 8.42 Å². The van der Waals surface area contributed by atoms with Crippen molar-refractivity contribution in [3.8, 4) is 0 Å². The van der Waals surface area contributed by atoms with Gasteiger partial charge in [-0.3, -0.25) is 9.10 Å². The second-order valence-electron chi connectivity index (χ2n) is 6.86. The number of sulfonamides is 1. The van der Waals surface area contributed by atoms with Gasteiger partial charge in [0.2, 0.25) is 15.9 Å². The molecule has 1 amide bonds. The van der Waals surface area contributed by atoms with E-state index in [2.05, 4.69) is 5.32 Å². The van der Waals surface area contributed by atoms with E-state index in [9.17, 15) is 13.2 Å². The van der Waals surface area contributed by atoms with Crippen LogP contribution in [0.1, 0.15) is 30.0 Å². The predicted molar refractivity (Wildman–Crippen MR) is 110 cm³/mol. The lowest BCUT2D eigenvalue weighted by Crippen LogP contribution is -2.49. The highest BCUT2D eigenvalue weighted by molar-refractivity contribution is 7.92. The Morgan fingerprint density at radius 3 is 2.19 bits per heavy atom. The smallest absolute Gasteiger partial charge is 0.243 e. The second kappa shape index (κ2) is 9.04. The number of benzene rings is 2. The summed E-state index contributed by atoms with van der Waals surface area (Å²) in [7, 11) is -3.61. The third-order valence-corrected chi connectivity index (χ3v) is 5.53. The molecular formula is C21H28N2O3S. The number of hydrogen-bond donors (Lipinski definition) is 1. The van der Waals surface area contributed by atoms with Gasteiger partial charge in [-0.1, -0.05) is 43.3 Å². The Hall–Kier alpha value is -2.34. The van der Waals surface area contributed by atoms with Crippen molar-refractivity contribution in [1.29, 1.82) is 0 Å². The first-order valence-corrected chi connectivity index (χ1v) is 11.0. The summed E-state index contributed by atoms with van der Waals surface area (Å²) in [5.41, 5.74) is 3.57. The summed E-state index contributed by atoms with van der Waals surface area (Å²) in [6.07, 6.45) is 2.23. The van der Waals surface area contributed by atoms with Crippen molar-refractivity contribution in [2.24, 2.45) is 0 Å². The first-order valence-electron chi connectivity index (χ1n) is 9.11. The number of nitrogens with one attached hydrogen (secondary N) is 1. The van der Waals surface area contributed by atoms with Gasteiger partial charge in [-0.05, 0) is 55.5 Å². The molecular weight excluding hydrogens is 360 g/mol. The van der Waals surface area contributed by atoms with E-state index in [0.717, 1.165) is 22.9 Å². The fraction of sp³-hybridized carbons (Fsp3) is 0.381. The van der Waals surface area contributed by atoms with Crippen molar-refractivity contribution in [2.45, 2.75) is 39.7 Å². The number of rotatable bonds is 8. The Bertz CT molecular complexity index is 859. The van der Waals surface area contributed by atoms with Crippen LogP contribution >= 0.6 is 0 Å². The maximum atomic E-state index is 12.8. The van der Waals surface area contributed by atoms with Crippen LogP contribution in [0.2, 0.25) is 0 Å². The minimum atomic E-state index is -3.61. The zero-order valence-corrected chi connectivity index (χ0v) is 17.2. The molecule has 0 spiro atoms. The van der Waals surface area contributed by atoms with Gasteiger partial charge in [-0.2, -0.15) is 0 Å². The first kappa shape index (κ1) is 21.0. The highest BCUT2D eigenvalue weighted by Crippen LogP contribution is 2.25. The molecule has 5 nitrogen and oxygen atoms in total. The Kier molecular flexibility index (Phi) is 7.02. The molecule has 0 radical (unpaired) electrons. The molecule has 2 aromatic rings. The lowest BCUT2D eigenvalue weighted by atomic mass is 10.1. The molecule has 1 atom stereocenters. The molecule has 0 aliphatic heterocycles. The zero-order valence-electron chi connectivity index (χ0n) is 16.4. The Labute approximate surface area is 162 Å². The maximum absolute atomic E-state index is 12.8. The van der Waals surface area contributed by atoms with Gasteiger partial charge in [0.15, 0.2) is 0 Å². The van der Waals surface area contributed by atoms with E-state index < -0.39 is 16.1 Å². The summed E-state index contributed by atoms with van der Waals surface area (Å²) in [5.74, 6) is -0.280. The van der Waals surface area contributed by atoms with Crippen molar-refractivity contribution in [3.05, 3.63) is 65.2 Å². The number of carbonyl (C=O) groups excluding carboxylic acids is 1. The molecule has 0 bridgehead atoms. The van der Waals surface area contributed by atoms with Crippen LogP contribution in [0.15, 0.2) is 48.5 Å². The van der Waals surface area contributed by atoms with Crippen molar-refractivity contribution in [1.82, 2.24) is 5.32 Å². The average molecular weight is 389 g/mol. The number of carbonyl (C=O) groups is 1. The molecule has 0 aliphatic carbocycles. The van der Waals surface area contributed by atoms with E-state index in [-0.39, 0.29) is 5.91 Å². The van der Waals surface area contributed by atoms with Gasteiger partial charge in [0.05, 0.1) is 11.9 Å². The van der Waals surface area contributed by atoms with E-state index in [1.807, 2.05) is 57.2 Å². The van der Waals surface area contributed by atoms with Crippen LogP contribution in [-0.4, -0.2) is 33.2 Å². The van der Waals surface area contributed by atoms with Crippen molar-refractivity contribution < 1.29 is 13.2 Å². The number of anilines is 1. The molecule has 0 aromatic heterocycles. The maximum Gasteiger partial charge on any atom is 0.243 e. The molecule has 1 N–H and O–H groups in total. The standard InChI is InChI=1S/C21H28N2O3S/c1-5-20(21(24)22-12-11-18-9-7-6-8-10-18)23(27(4,25)26)19-14-16(2)13-17(3)15-19/h6-10,13-15,20H,5,11-12H2,1-4H3,(H,22,24)/t20-/m1/s1. The summed E-state index contributed by atoms with van der Waals surface area (Å²) < 4.78 is 26.2. The third-order valence-electron chi connectivity index (χ3n) is 4.35. The Balaban J connectivity index is 2.20. The first-order chi connectivity index (χ1) is 12.7. The molecule has 0 unspecified atom stereocenters. The van der Waals surface area contributed by atoms with Crippen LogP contribution in [0, 0.1) is 13.8 Å². The van der Waals surface area contributed by atoms with Gasteiger partial charge in [0.25, 0.3) is 0 Å². The monoisotopic (exact) mass is 388 g/mol. The molecule has 0 saturated carbocycles. The second-order valence-corrected chi connectivity index (χ2v) is 8.71. The van der Waals surface area contributed by atoms with Crippen LogP contribution in [0.4, 0.5) is 5.69 Å². The molecule has 2 aromatic carbocycles. The number of nitrogens with zero attached hydrogens (tertiary/aromatic N) is 1. The van der Waals surface area contributed by atoms with Crippen LogP contribution in [0.3, 0.4) is 0 Å². The lowest BCUT2D eigenvalue weighted by molar-refractivity contribution is -0.122. The number of aryl methyl sites for hydroxylation is 2. The minimum absolute atomic E-state index is 0.280. The quantitative estimate of drug-likeness (QED) is 0.755. The fourth-order valence-corrected chi connectivity index (χ4v) is 4.43. The van der Waals surface area contributed by atoms with Gasteiger partial charge < -0.3 is 5.32 Å². The van der Waals surface area contributed by atoms with Gasteiger partial charge in [-0.15, -0.1) is 0 Å². The number of hydrogen-bond acceptors (Lipinski definition) is 3. The van der Waals surface area contributed by atoms with Crippen LogP contribution < -0.4 is 9.62 Å². The van der Waals surface area contributed by atoms with Crippen LogP contribution in [0.25, 0.3) is 0 Å². The SMILES string of the molecule is CC[C@H](C(=O)NCCc1ccccc1)N(c1cc(C)cc(C)c1)S(C)(=O)=O. The molecule has 27 heavy (non-hydrogen) atoms. The van der Waals surface area contributed by atoms with E-state index in [1.165, 1.54) is 4.31 Å². The highest BCUT2D eigenvalue weighted by Gasteiger charge is 2.31. The average Bonchev–Trinajstić information content (AvgIpc) is 2.58. The highest BCUT2D eigenvalue weighted by atomic mass is 32.2. The Morgan fingerprint density at radius 1 is 1.07 bits per heavy atom. The van der Waals surface area contributed by atoms with Crippen molar-refractivity contribution >= 4 is 21.6 Å². The van der Waals surface area contributed by atoms with Crippen LogP contribution in [-0.2, 0) is 21.2 Å². The summed E-state index contributed by atoms with van der Waals surface area (Å²) in [5, 5.41) is 2.89. The molecule has 146 valence electrons. The molecule has 0 heterocycles. The van der Waals surface area contributed by atoms with E-state index in [4.69, 9.17) is 0 Å². The summed E-state index contributed by atoms with van der Waals surface area (Å²) in [6, 6.07) is 14.7. The van der Waals surface area contributed by atoms with E-state index in [0.29, 0.717) is 25.1 Å². The zero-order chi connectivity index (χ0) is 20.0. The third kappa shape index (κ3) is 5.82. The topological polar surface area (TPSA) is 66.5 Å². The van der Waals surface area contributed by atoms with E-state index in [1.54, 1.807) is 12.1 Å². The molecule has 0 saturated heterocycles. The van der Waals surface area contributed by atoms with Crippen molar-refractivity contribution in [2.75, 3.05) is 17.1 Å². The summed E-state index contributed by atoms with van der Waals surface area (Å²) >= 11 is 0. The van der Waals surface area contributed by atoms with Gasteiger partial charge in [0, 0.05) is 6.54 Å². The van der Waals surface area contributed by atoms with Gasteiger partial charge >= 0.3 is 0 Å².